The molecule has 0 amide bonds. The molecule has 0 nitrogen and oxygen atoms in total. The van der Waals surface area contributed by atoms with E-state index >= 15 is 0 Å². The molecular weight excluding hydrogens is 315 g/mol. The van der Waals surface area contributed by atoms with Crippen molar-refractivity contribution in [2.75, 3.05) is 0 Å². The molecule has 2 aromatic carbocycles. The van der Waals surface area contributed by atoms with E-state index in [0.717, 1.165) is 35.3 Å². The zero-order valence-electron chi connectivity index (χ0n) is 14.5. The van der Waals surface area contributed by atoms with Gasteiger partial charge >= 0.3 is 0 Å². The summed E-state index contributed by atoms with van der Waals surface area (Å²) in [6.45, 7) is 6.42. The Morgan fingerprint density at radius 3 is 2.21 bits per heavy atom. The molecule has 1 heterocycles. The van der Waals surface area contributed by atoms with Gasteiger partial charge in [-0.05, 0) is 60.2 Å². The van der Waals surface area contributed by atoms with Crippen LogP contribution in [0.2, 0.25) is 0 Å². The molecule has 0 saturated heterocycles. The Bertz CT molecular complexity index is 828. The first-order valence-corrected chi connectivity index (χ1v) is 9.42. The fourth-order valence-electron chi connectivity index (χ4n) is 3.05. The van der Waals surface area contributed by atoms with Crippen LogP contribution in [0, 0.1) is 12.7 Å². The van der Waals surface area contributed by atoms with Crippen LogP contribution in [0.5, 0.6) is 0 Å². The van der Waals surface area contributed by atoms with Crippen LogP contribution in [-0.4, -0.2) is 0 Å². The van der Waals surface area contributed by atoms with E-state index in [0.29, 0.717) is 5.56 Å². The maximum atomic E-state index is 14.7. The maximum absolute atomic E-state index is 14.7. The molecule has 3 aromatic rings. The third-order valence-corrected chi connectivity index (χ3v) is 5.82. The van der Waals surface area contributed by atoms with Crippen molar-refractivity contribution in [3.63, 3.8) is 0 Å². The molecule has 0 aliphatic rings. The highest BCUT2D eigenvalue weighted by atomic mass is 32.1. The number of halogens is 1. The second kappa shape index (κ2) is 7.31. The topological polar surface area (TPSA) is 0 Å². The van der Waals surface area contributed by atoms with E-state index in [1.165, 1.54) is 16.0 Å². The van der Waals surface area contributed by atoms with Crippen LogP contribution in [0.15, 0.2) is 48.5 Å². The number of aryl methyl sites for hydroxylation is 3. The Balaban J connectivity index is 1.91. The van der Waals surface area contributed by atoms with Crippen LogP contribution in [0.1, 0.15) is 36.3 Å². The third kappa shape index (κ3) is 3.44. The Labute approximate surface area is 148 Å². The fourth-order valence-corrected chi connectivity index (χ4v) is 4.19. The van der Waals surface area contributed by atoms with Crippen molar-refractivity contribution in [1.82, 2.24) is 0 Å². The number of thiophene rings is 1. The minimum absolute atomic E-state index is 0.144. The summed E-state index contributed by atoms with van der Waals surface area (Å²) < 4.78 is 14.7. The van der Waals surface area contributed by atoms with E-state index in [2.05, 4.69) is 51.1 Å². The number of hydrogen-bond acceptors (Lipinski definition) is 1. The van der Waals surface area contributed by atoms with Crippen LogP contribution in [0.3, 0.4) is 0 Å². The first-order chi connectivity index (χ1) is 11.6. The van der Waals surface area contributed by atoms with Crippen molar-refractivity contribution in [1.29, 1.82) is 0 Å². The molecular formula is C22H23FS. The van der Waals surface area contributed by atoms with Gasteiger partial charge in [-0.1, -0.05) is 50.6 Å². The summed E-state index contributed by atoms with van der Waals surface area (Å²) in [4.78, 5) is 2.35. The molecule has 0 fully saturated rings. The zero-order chi connectivity index (χ0) is 17.1. The van der Waals surface area contributed by atoms with Gasteiger partial charge in [-0.3, -0.25) is 0 Å². The third-order valence-electron chi connectivity index (χ3n) is 4.40. The summed E-state index contributed by atoms with van der Waals surface area (Å²) in [5, 5.41) is 0. The Hall–Kier alpha value is -1.93. The highest BCUT2D eigenvalue weighted by molar-refractivity contribution is 7.15. The number of benzene rings is 2. The predicted molar refractivity (Wildman–Crippen MR) is 103 cm³/mol. The summed E-state index contributed by atoms with van der Waals surface area (Å²) in [5.74, 6) is -0.144. The van der Waals surface area contributed by atoms with Gasteiger partial charge in [0.1, 0.15) is 5.82 Å². The van der Waals surface area contributed by atoms with Crippen molar-refractivity contribution in [3.05, 3.63) is 70.4 Å². The summed E-state index contributed by atoms with van der Waals surface area (Å²) in [5.41, 5.74) is 5.29. The molecule has 0 unspecified atom stereocenters. The largest absolute Gasteiger partial charge is 0.206 e. The molecule has 0 bridgehead atoms. The Morgan fingerprint density at radius 1 is 0.917 bits per heavy atom. The molecule has 124 valence electrons. The summed E-state index contributed by atoms with van der Waals surface area (Å²) >= 11 is 1.70. The average molecular weight is 338 g/mol. The van der Waals surface area contributed by atoms with E-state index in [1.807, 2.05) is 12.1 Å². The molecule has 3 rings (SSSR count). The summed E-state index contributed by atoms with van der Waals surface area (Å²) in [6.07, 6.45) is 3.23. The van der Waals surface area contributed by atoms with Gasteiger partial charge in [0.15, 0.2) is 0 Å². The molecule has 1 aromatic heterocycles. The lowest BCUT2D eigenvalue weighted by molar-refractivity contribution is 0.632. The quantitative estimate of drug-likeness (QED) is 0.468. The van der Waals surface area contributed by atoms with Crippen molar-refractivity contribution >= 4 is 11.3 Å². The van der Waals surface area contributed by atoms with E-state index in [-0.39, 0.29) is 5.82 Å². The molecule has 0 aliphatic heterocycles. The molecule has 0 N–H and O–H groups in total. The zero-order valence-corrected chi connectivity index (χ0v) is 15.3. The van der Waals surface area contributed by atoms with E-state index in [1.54, 1.807) is 17.4 Å². The van der Waals surface area contributed by atoms with Crippen LogP contribution < -0.4 is 0 Å². The first-order valence-electron chi connectivity index (χ1n) is 8.61. The van der Waals surface area contributed by atoms with Gasteiger partial charge < -0.3 is 0 Å². The van der Waals surface area contributed by atoms with Crippen LogP contribution >= 0.6 is 11.3 Å². The minimum Gasteiger partial charge on any atom is -0.206 e. The summed E-state index contributed by atoms with van der Waals surface area (Å²) in [6, 6.07) is 16.1. The molecule has 0 atom stereocenters. The highest BCUT2D eigenvalue weighted by Crippen LogP contribution is 2.34. The SMILES string of the molecule is CCCc1ccc(-c2ccc(-c3cc(C)c(CC)s3)c(F)c2)cc1. The minimum atomic E-state index is -0.144. The molecule has 24 heavy (non-hydrogen) atoms. The normalized spacial score (nSPS) is 11.0. The van der Waals surface area contributed by atoms with Crippen molar-refractivity contribution in [2.45, 2.75) is 40.0 Å². The molecule has 0 aliphatic carbocycles. The standard InChI is InChI=1S/C22H23FS/c1-4-6-16-7-9-17(10-8-16)18-11-12-19(20(23)14-18)22-13-15(3)21(5-2)24-22/h7-14H,4-6H2,1-3H3. The van der Waals surface area contributed by atoms with Crippen LogP contribution in [-0.2, 0) is 12.8 Å². The second-order valence-electron chi connectivity index (χ2n) is 6.21. The Kier molecular flexibility index (Phi) is 5.15. The van der Waals surface area contributed by atoms with E-state index in [4.69, 9.17) is 0 Å². The molecule has 0 saturated carbocycles. The lowest BCUT2D eigenvalue weighted by atomic mass is 10.0. The van der Waals surface area contributed by atoms with Crippen LogP contribution in [0.25, 0.3) is 21.6 Å². The fraction of sp³-hybridized carbons (Fsp3) is 0.273. The Morgan fingerprint density at radius 2 is 1.62 bits per heavy atom. The summed E-state index contributed by atoms with van der Waals surface area (Å²) in [7, 11) is 0. The van der Waals surface area contributed by atoms with Gasteiger partial charge in [0.2, 0.25) is 0 Å². The predicted octanol–water partition coefficient (Wildman–Crippen LogP) is 7.04. The van der Waals surface area contributed by atoms with Crippen molar-refractivity contribution < 1.29 is 4.39 Å². The molecule has 0 radical (unpaired) electrons. The van der Waals surface area contributed by atoms with Gasteiger partial charge in [0.05, 0.1) is 0 Å². The lowest BCUT2D eigenvalue weighted by Gasteiger charge is -2.07. The maximum Gasteiger partial charge on any atom is 0.132 e. The number of rotatable bonds is 5. The van der Waals surface area contributed by atoms with Gasteiger partial charge in [-0.25, -0.2) is 4.39 Å². The molecule has 0 spiro atoms. The first kappa shape index (κ1) is 16.9. The van der Waals surface area contributed by atoms with Gasteiger partial charge in [0.25, 0.3) is 0 Å². The van der Waals surface area contributed by atoms with E-state index in [9.17, 15) is 4.39 Å². The second-order valence-corrected chi connectivity index (χ2v) is 7.35. The van der Waals surface area contributed by atoms with Crippen molar-refractivity contribution in [2.24, 2.45) is 0 Å². The number of hydrogen-bond donors (Lipinski definition) is 0. The van der Waals surface area contributed by atoms with E-state index < -0.39 is 0 Å². The highest BCUT2D eigenvalue weighted by Gasteiger charge is 2.11. The van der Waals surface area contributed by atoms with Crippen molar-refractivity contribution in [3.8, 4) is 21.6 Å². The lowest BCUT2D eigenvalue weighted by Crippen LogP contribution is -1.86. The smallest absolute Gasteiger partial charge is 0.132 e. The van der Waals surface area contributed by atoms with Gasteiger partial charge in [-0.2, -0.15) is 0 Å². The van der Waals surface area contributed by atoms with Crippen LogP contribution in [0.4, 0.5) is 4.39 Å². The monoisotopic (exact) mass is 338 g/mol. The molecule has 2 heteroatoms. The average Bonchev–Trinajstić information content (AvgIpc) is 2.96. The van der Waals surface area contributed by atoms with Gasteiger partial charge in [-0.15, -0.1) is 11.3 Å². The van der Waals surface area contributed by atoms with Gasteiger partial charge in [0, 0.05) is 15.3 Å².